The monoisotopic (exact) mass is 501 g/mol. The van der Waals surface area contributed by atoms with Gasteiger partial charge in [-0.25, -0.2) is 4.68 Å². The highest BCUT2D eigenvalue weighted by Gasteiger charge is 2.42. The van der Waals surface area contributed by atoms with Crippen molar-refractivity contribution >= 4 is 34.4 Å². The van der Waals surface area contributed by atoms with Gasteiger partial charge in [-0.05, 0) is 49.4 Å². The van der Waals surface area contributed by atoms with Crippen LogP contribution in [0.5, 0.6) is 0 Å². The molecule has 1 aliphatic heterocycles. The average molecular weight is 502 g/mol. The van der Waals surface area contributed by atoms with Crippen molar-refractivity contribution < 1.29 is 4.79 Å². The van der Waals surface area contributed by atoms with Crippen LogP contribution in [0.25, 0.3) is 11.0 Å². The molecule has 5 rings (SSSR count). The number of anilines is 3. The number of fused-ring (bicyclic) bond motifs is 1. The molecule has 10 nitrogen and oxygen atoms in total. The zero-order chi connectivity index (χ0) is 26.2. The molecule has 3 aromatic heterocycles. The number of amides is 1. The maximum atomic E-state index is 12.8. The third kappa shape index (κ3) is 5.00. The van der Waals surface area contributed by atoms with Crippen molar-refractivity contribution in [2.24, 2.45) is 5.41 Å². The van der Waals surface area contributed by atoms with E-state index >= 15 is 0 Å². The lowest BCUT2D eigenvalue weighted by molar-refractivity contribution is -0.114. The molecular weight excluding hydrogens is 466 g/mol. The number of carbonyl (C=O) groups excluding carboxylic acids is 1. The van der Waals surface area contributed by atoms with Crippen LogP contribution < -0.4 is 15.5 Å². The van der Waals surface area contributed by atoms with Crippen LogP contribution in [0.3, 0.4) is 0 Å². The van der Waals surface area contributed by atoms with Crippen LogP contribution in [0.4, 0.5) is 17.5 Å². The van der Waals surface area contributed by atoms with Crippen molar-refractivity contribution in [2.45, 2.75) is 53.0 Å². The first kappa shape index (κ1) is 24.7. The molecule has 10 heteroatoms. The van der Waals surface area contributed by atoms with Crippen molar-refractivity contribution in [1.29, 1.82) is 0 Å². The molecule has 1 amide bonds. The van der Waals surface area contributed by atoms with E-state index in [2.05, 4.69) is 71.5 Å². The van der Waals surface area contributed by atoms with Crippen molar-refractivity contribution in [1.82, 2.24) is 29.9 Å². The van der Waals surface area contributed by atoms with Gasteiger partial charge >= 0.3 is 0 Å². The first-order valence-electron chi connectivity index (χ1n) is 12.9. The Labute approximate surface area is 216 Å². The Kier molecular flexibility index (Phi) is 6.57. The number of H-pyrrole nitrogens is 1. The molecule has 1 saturated heterocycles. The van der Waals surface area contributed by atoms with E-state index in [4.69, 9.17) is 9.97 Å². The van der Waals surface area contributed by atoms with Crippen LogP contribution >= 0.6 is 0 Å². The molecule has 0 aliphatic carbocycles. The standard InChI is InChI=1S/C27H35N9O/c1-6-18-8-7-9-19(12-18)31-23(37)14-28-24-20-13-30-36(17(2)3)25(20)33-26(32-24)35-15-21(27(4,5)16-35)22-10-11-29-34-22/h7-13,17,21H,6,14-16H2,1-5H3,(H,29,34)(H,31,37)(H,28,32,33). The zero-order valence-electron chi connectivity index (χ0n) is 22.1. The van der Waals surface area contributed by atoms with E-state index in [-0.39, 0.29) is 29.8 Å². The Hall–Kier alpha value is -3.95. The van der Waals surface area contributed by atoms with Crippen LogP contribution in [-0.2, 0) is 11.2 Å². The number of hydrogen-bond acceptors (Lipinski definition) is 7. The third-order valence-corrected chi connectivity index (χ3v) is 7.09. The summed E-state index contributed by atoms with van der Waals surface area (Å²) in [6.07, 6.45) is 4.48. The molecule has 0 radical (unpaired) electrons. The van der Waals surface area contributed by atoms with Crippen LogP contribution in [0.1, 0.15) is 57.8 Å². The first-order chi connectivity index (χ1) is 17.7. The molecule has 1 aromatic carbocycles. The predicted octanol–water partition coefficient (Wildman–Crippen LogP) is 4.37. The lowest BCUT2D eigenvalue weighted by Crippen LogP contribution is -2.26. The van der Waals surface area contributed by atoms with E-state index in [1.807, 2.05) is 28.9 Å². The molecule has 0 saturated carbocycles. The van der Waals surface area contributed by atoms with E-state index in [9.17, 15) is 4.79 Å². The van der Waals surface area contributed by atoms with Crippen molar-refractivity contribution in [3.05, 3.63) is 54.0 Å². The van der Waals surface area contributed by atoms with Gasteiger partial charge in [-0.2, -0.15) is 20.2 Å². The molecule has 1 fully saturated rings. The number of nitrogens with zero attached hydrogens (tertiary/aromatic N) is 6. The fourth-order valence-corrected chi connectivity index (χ4v) is 5.07. The quantitative estimate of drug-likeness (QED) is 0.328. The Morgan fingerprint density at radius 3 is 2.81 bits per heavy atom. The van der Waals surface area contributed by atoms with Crippen LogP contribution in [-0.4, -0.2) is 55.5 Å². The lowest BCUT2D eigenvalue weighted by Gasteiger charge is -2.24. The minimum Gasteiger partial charge on any atom is -0.360 e. The van der Waals surface area contributed by atoms with Crippen LogP contribution in [0.15, 0.2) is 42.7 Å². The van der Waals surface area contributed by atoms with Gasteiger partial charge in [-0.15, -0.1) is 0 Å². The van der Waals surface area contributed by atoms with E-state index in [0.717, 1.165) is 41.9 Å². The number of aromatic nitrogens is 6. The second-order valence-electron chi connectivity index (χ2n) is 10.7. The SMILES string of the molecule is CCc1cccc(NC(=O)CNc2nc(N3CC(c4ccn[nH]4)C(C)(C)C3)nc3c2cnn3C(C)C)c1. The van der Waals surface area contributed by atoms with Crippen LogP contribution in [0, 0.1) is 5.41 Å². The molecule has 1 aliphatic rings. The van der Waals surface area contributed by atoms with E-state index in [1.54, 1.807) is 12.4 Å². The molecule has 4 aromatic rings. The highest BCUT2D eigenvalue weighted by Crippen LogP contribution is 2.43. The summed E-state index contributed by atoms with van der Waals surface area (Å²) in [7, 11) is 0. The maximum absolute atomic E-state index is 12.8. The Morgan fingerprint density at radius 1 is 1.24 bits per heavy atom. The number of rotatable bonds is 8. The summed E-state index contributed by atoms with van der Waals surface area (Å²) in [5.41, 5.74) is 3.83. The molecule has 0 spiro atoms. The van der Waals surface area contributed by atoms with Gasteiger partial charge in [0, 0.05) is 42.6 Å². The number of aryl methyl sites for hydroxylation is 1. The molecular formula is C27H35N9O. The fraction of sp³-hybridized carbons (Fsp3) is 0.444. The summed E-state index contributed by atoms with van der Waals surface area (Å²) >= 11 is 0. The normalized spacial score (nSPS) is 17.0. The van der Waals surface area contributed by atoms with E-state index < -0.39 is 0 Å². The van der Waals surface area contributed by atoms with Gasteiger partial charge in [0.05, 0.1) is 18.1 Å². The summed E-state index contributed by atoms with van der Waals surface area (Å²) in [5.74, 6) is 1.36. The van der Waals surface area contributed by atoms with Gasteiger partial charge in [-0.3, -0.25) is 9.89 Å². The number of aromatic amines is 1. The zero-order valence-corrected chi connectivity index (χ0v) is 22.1. The summed E-state index contributed by atoms with van der Waals surface area (Å²) in [4.78, 5) is 24.8. The van der Waals surface area contributed by atoms with Crippen molar-refractivity contribution in [3.8, 4) is 0 Å². The molecule has 1 unspecified atom stereocenters. The largest absolute Gasteiger partial charge is 0.360 e. The van der Waals surface area contributed by atoms with E-state index in [1.165, 1.54) is 5.56 Å². The predicted molar refractivity (Wildman–Crippen MR) is 146 cm³/mol. The Balaban J connectivity index is 1.41. The van der Waals surface area contributed by atoms with Crippen molar-refractivity contribution in [3.63, 3.8) is 0 Å². The lowest BCUT2D eigenvalue weighted by atomic mass is 9.80. The van der Waals surface area contributed by atoms with E-state index in [0.29, 0.717) is 11.8 Å². The first-order valence-corrected chi connectivity index (χ1v) is 12.9. The Morgan fingerprint density at radius 2 is 2.08 bits per heavy atom. The second-order valence-corrected chi connectivity index (χ2v) is 10.7. The molecule has 3 N–H and O–H groups in total. The second kappa shape index (κ2) is 9.84. The topological polar surface area (TPSA) is 117 Å². The number of benzene rings is 1. The highest BCUT2D eigenvalue weighted by molar-refractivity contribution is 5.95. The summed E-state index contributed by atoms with van der Waals surface area (Å²) in [5, 5.41) is 18.9. The third-order valence-electron chi connectivity index (χ3n) is 7.09. The number of carbonyl (C=O) groups is 1. The van der Waals surface area contributed by atoms with Crippen molar-refractivity contribution in [2.75, 3.05) is 35.2 Å². The summed E-state index contributed by atoms with van der Waals surface area (Å²) in [6, 6.07) is 10.1. The van der Waals surface area contributed by atoms with Gasteiger partial charge in [0.15, 0.2) is 5.65 Å². The number of nitrogens with one attached hydrogen (secondary N) is 3. The smallest absolute Gasteiger partial charge is 0.243 e. The van der Waals surface area contributed by atoms with Gasteiger partial charge < -0.3 is 15.5 Å². The van der Waals surface area contributed by atoms with Gasteiger partial charge in [0.1, 0.15) is 5.82 Å². The molecule has 1 atom stereocenters. The molecule has 4 heterocycles. The number of hydrogen-bond donors (Lipinski definition) is 3. The Bertz CT molecular complexity index is 1390. The van der Waals surface area contributed by atoms with Crippen LogP contribution in [0.2, 0.25) is 0 Å². The van der Waals surface area contributed by atoms with Gasteiger partial charge in [-0.1, -0.05) is 32.9 Å². The molecule has 194 valence electrons. The minimum absolute atomic E-state index is 0.00362. The maximum Gasteiger partial charge on any atom is 0.243 e. The van der Waals surface area contributed by atoms with Gasteiger partial charge in [0.2, 0.25) is 11.9 Å². The highest BCUT2D eigenvalue weighted by atomic mass is 16.1. The fourth-order valence-electron chi connectivity index (χ4n) is 5.07. The minimum atomic E-state index is -0.139. The average Bonchev–Trinajstić information content (AvgIpc) is 3.60. The van der Waals surface area contributed by atoms with Gasteiger partial charge in [0.25, 0.3) is 0 Å². The molecule has 37 heavy (non-hydrogen) atoms. The summed E-state index contributed by atoms with van der Waals surface area (Å²) < 4.78 is 1.90. The molecule has 0 bridgehead atoms. The summed E-state index contributed by atoms with van der Waals surface area (Å²) in [6.45, 7) is 12.4.